The number of guanidine groups is 1. The normalized spacial score (nSPS) is 17.3. The molecule has 1 aromatic carbocycles. The van der Waals surface area contributed by atoms with Crippen molar-refractivity contribution in [2.75, 3.05) is 33.3 Å². The largest absolute Gasteiger partial charge is 0.496 e. The van der Waals surface area contributed by atoms with Crippen molar-refractivity contribution < 1.29 is 9.53 Å². The second-order valence-corrected chi connectivity index (χ2v) is 7.39. The molecule has 1 atom stereocenters. The topological polar surface area (TPSA) is 66.0 Å². The molecule has 1 amide bonds. The van der Waals surface area contributed by atoms with E-state index >= 15 is 0 Å². The summed E-state index contributed by atoms with van der Waals surface area (Å²) in [5.74, 6) is 2.00. The summed E-state index contributed by atoms with van der Waals surface area (Å²) in [5, 5.41) is 6.79. The Balaban J connectivity index is 1.93. The monoisotopic (exact) mass is 374 g/mol. The maximum absolute atomic E-state index is 12.2. The molecule has 0 aliphatic carbocycles. The number of likely N-dealkylation sites (tertiary alicyclic amines) is 1. The lowest BCUT2D eigenvalue weighted by atomic mass is 10.1. The van der Waals surface area contributed by atoms with Gasteiger partial charge in [-0.2, -0.15) is 0 Å². The zero-order valence-electron chi connectivity index (χ0n) is 17.3. The van der Waals surface area contributed by atoms with Gasteiger partial charge < -0.3 is 20.3 Å². The molecule has 0 saturated carbocycles. The highest BCUT2D eigenvalue weighted by molar-refractivity contribution is 5.81. The van der Waals surface area contributed by atoms with Crippen molar-refractivity contribution in [1.82, 2.24) is 15.5 Å². The Bertz CT molecular complexity index is 658. The summed E-state index contributed by atoms with van der Waals surface area (Å²) < 4.78 is 5.45. The van der Waals surface area contributed by atoms with E-state index in [0.717, 1.165) is 44.2 Å². The average Bonchev–Trinajstić information content (AvgIpc) is 3.09. The fourth-order valence-electron chi connectivity index (χ4n) is 3.35. The van der Waals surface area contributed by atoms with Gasteiger partial charge in [0.25, 0.3) is 0 Å². The molecule has 27 heavy (non-hydrogen) atoms. The van der Waals surface area contributed by atoms with Crippen LogP contribution in [0.5, 0.6) is 5.75 Å². The van der Waals surface area contributed by atoms with Crippen LogP contribution in [0.3, 0.4) is 0 Å². The lowest BCUT2D eigenvalue weighted by Crippen LogP contribution is -2.45. The van der Waals surface area contributed by atoms with Crippen molar-refractivity contribution in [3.05, 3.63) is 29.3 Å². The number of rotatable bonds is 7. The fourth-order valence-corrected chi connectivity index (χ4v) is 3.35. The van der Waals surface area contributed by atoms with E-state index in [2.05, 4.69) is 36.6 Å². The number of aryl methyl sites for hydroxylation is 1. The number of carbonyl (C=O) groups is 1. The van der Waals surface area contributed by atoms with Crippen LogP contribution in [0.25, 0.3) is 0 Å². The summed E-state index contributed by atoms with van der Waals surface area (Å²) in [6, 6.07) is 6.47. The highest BCUT2D eigenvalue weighted by Crippen LogP contribution is 2.20. The third kappa shape index (κ3) is 6.15. The SMILES string of the molecule is CCNC(=NCCc1cc(C)ccc1OC)NC1CCN(C(=O)C(C)C)C1. The molecule has 1 aromatic rings. The van der Waals surface area contributed by atoms with Crippen LogP contribution in [0.15, 0.2) is 23.2 Å². The van der Waals surface area contributed by atoms with Crippen molar-refractivity contribution in [2.24, 2.45) is 10.9 Å². The van der Waals surface area contributed by atoms with Gasteiger partial charge in [-0.15, -0.1) is 0 Å². The van der Waals surface area contributed by atoms with Crippen LogP contribution in [0.2, 0.25) is 0 Å². The van der Waals surface area contributed by atoms with Crippen molar-refractivity contribution >= 4 is 11.9 Å². The number of benzene rings is 1. The van der Waals surface area contributed by atoms with Gasteiger partial charge in [0.05, 0.1) is 7.11 Å². The number of amides is 1. The molecule has 2 rings (SSSR count). The van der Waals surface area contributed by atoms with Gasteiger partial charge in [-0.05, 0) is 38.3 Å². The van der Waals surface area contributed by atoms with E-state index in [1.54, 1.807) is 7.11 Å². The minimum absolute atomic E-state index is 0.0509. The quantitative estimate of drug-likeness (QED) is 0.568. The summed E-state index contributed by atoms with van der Waals surface area (Å²) in [7, 11) is 1.70. The molecule has 0 aromatic heterocycles. The van der Waals surface area contributed by atoms with E-state index in [4.69, 9.17) is 9.73 Å². The van der Waals surface area contributed by atoms with Crippen molar-refractivity contribution in [3.63, 3.8) is 0 Å². The first-order chi connectivity index (χ1) is 12.9. The lowest BCUT2D eigenvalue weighted by Gasteiger charge is -2.20. The second-order valence-electron chi connectivity index (χ2n) is 7.39. The maximum Gasteiger partial charge on any atom is 0.225 e. The van der Waals surface area contributed by atoms with Crippen molar-refractivity contribution in [2.45, 2.75) is 46.6 Å². The average molecular weight is 375 g/mol. The zero-order valence-corrected chi connectivity index (χ0v) is 17.3. The molecule has 1 aliphatic heterocycles. The summed E-state index contributed by atoms with van der Waals surface area (Å²) >= 11 is 0. The van der Waals surface area contributed by atoms with Crippen LogP contribution in [0, 0.1) is 12.8 Å². The molecule has 1 heterocycles. The summed E-state index contributed by atoms with van der Waals surface area (Å²) in [5.41, 5.74) is 2.40. The van der Waals surface area contributed by atoms with E-state index in [-0.39, 0.29) is 17.9 Å². The number of ether oxygens (including phenoxy) is 1. The highest BCUT2D eigenvalue weighted by atomic mass is 16.5. The van der Waals surface area contributed by atoms with Gasteiger partial charge in [0, 0.05) is 38.1 Å². The molecule has 1 fully saturated rings. The Morgan fingerprint density at radius 1 is 1.41 bits per heavy atom. The Morgan fingerprint density at radius 3 is 2.85 bits per heavy atom. The number of nitrogens with one attached hydrogen (secondary N) is 2. The molecule has 0 radical (unpaired) electrons. The predicted molar refractivity (Wildman–Crippen MR) is 110 cm³/mol. The molecule has 1 aliphatic rings. The van der Waals surface area contributed by atoms with Crippen molar-refractivity contribution in [3.8, 4) is 5.75 Å². The third-order valence-electron chi connectivity index (χ3n) is 4.77. The minimum Gasteiger partial charge on any atom is -0.496 e. The van der Waals surface area contributed by atoms with E-state index in [1.165, 1.54) is 11.1 Å². The first-order valence-corrected chi connectivity index (χ1v) is 9.91. The lowest BCUT2D eigenvalue weighted by molar-refractivity contribution is -0.133. The predicted octanol–water partition coefficient (Wildman–Crippen LogP) is 2.36. The van der Waals surface area contributed by atoms with Crippen LogP contribution < -0.4 is 15.4 Å². The number of carbonyl (C=O) groups excluding carboxylic acids is 1. The fraction of sp³-hybridized carbons (Fsp3) is 0.619. The number of nitrogens with zero attached hydrogens (tertiary/aromatic N) is 2. The molecule has 0 bridgehead atoms. The molecule has 0 spiro atoms. The van der Waals surface area contributed by atoms with E-state index in [0.29, 0.717) is 6.54 Å². The maximum atomic E-state index is 12.2. The van der Waals surface area contributed by atoms with Gasteiger partial charge >= 0.3 is 0 Å². The molecule has 6 nitrogen and oxygen atoms in total. The first kappa shape index (κ1) is 21.1. The van der Waals surface area contributed by atoms with Crippen molar-refractivity contribution in [1.29, 1.82) is 0 Å². The van der Waals surface area contributed by atoms with Crippen LogP contribution in [-0.4, -0.2) is 56.1 Å². The van der Waals surface area contributed by atoms with E-state index in [1.807, 2.05) is 24.8 Å². The van der Waals surface area contributed by atoms with Crippen LogP contribution in [0.1, 0.15) is 38.3 Å². The standard InChI is InChI=1S/C21H34N4O2/c1-6-22-21(24-18-10-12-25(14-18)20(26)15(2)3)23-11-9-17-13-16(4)7-8-19(17)27-5/h7-8,13,15,18H,6,9-12,14H2,1-5H3,(H2,22,23,24). The Labute approximate surface area is 163 Å². The van der Waals surface area contributed by atoms with Gasteiger partial charge in [0.2, 0.25) is 5.91 Å². The van der Waals surface area contributed by atoms with Gasteiger partial charge in [0.1, 0.15) is 5.75 Å². The Kier molecular flexibility index (Phi) is 7.95. The third-order valence-corrected chi connectivity index (χ3v) is 4.77. The van der Waals surface area contributed by atoms with Crippen LogP contribution in [0.4, 0.5) is 0 Å². The van der Waals surface area contributed by atoms with Crippen LogP contribution >= 0.6 is 0 Å². The molecule has 1 saturated heterocycles. The minimum atomic E-state index is 0.0509. The molecular formula is C21H34N4O2. The number of methoxy groups -OCH3 is 1. The molecular weight excluding hydrogens is 340 g/mol. The Morgan fingerprint density at radius 2 is 2.19 bits per heavy atom. The molecule has 2 N–H and O–H groups in total. The molecule has 150 valence electrons. The van der Waals surface area contributed by atoms with E-state index in [9.17, 15) is 4.79 Å². The highest BCUT2D eigenvalue weighted by Gasteiger charge is 2.27. The van der Waals surface area contributed by atoms with Crippen LogP contribution in [-0.2, 0) is 11.2 Å². The summed E-state index contributed by atoms with van der Waals surface area (Å²) in [6.07, 6.45) is 1.78. The summed E-state index contributed by atoms with van der Waals surface area (Å²) in [4.78, 5) is 18.8. The number of hydrogen-bond donors (Lipinski definition) is 2. The molecule has 1 unspecified atom stereocenters. The van der Waals surface area contributed by atoms with Gasteiger partial charge in [0.15, 0.2) is 5.96 Å². The first-order valence-electron chi connectivity index (χ1n) is 9.91. The number of hydrogen-bond acceptors (Lipinski definition) is 3. The summed E-state index contributed by atoms with van der Waals surface area (Å²) in [6.45, 7) is 11.1. The van der Waals surface area contributed by atoms with Gasteiger partial charge in [-0.3, -0.25) is 9.79 Å². The zero-order chi connectivity index (χ0) is 19.8. The molecule has 6 heteroatoms. The Hall–Kier alpha value is -2.24. The van der Waals surface area contributed by atoms with Gasteiger partial charge in [-0.25, -0.2) is 0 Å². The smallest absolute Gasteiger partial charge is 0.225 e. The van der Waals surface area contributed by atoms with Gasteiger partial charge in [-0.1, -0.05) is 31.5 Å². The second kappa shape index (κ2) is 10.2. The van der Waals surface area contributed by atoms with E-state index < -0.39 is 0 Å². The number of aliphatic imine (C=N–C) groups is 1.